The van der Waals surface area contributed by atoms with Gasteiger partial charge in [-0.05, 0) is 31.0 Å². The van der Waals surface area contributed by atoms with Gasteiger partial charge in [0.1, 0.15) is 17.0 Å². The lowest BCUT2D eigenvalue weighted by Gasteiger charge is -2.11. The number of aryl methyl sites for hydroxylation is 2. The molecule has 1 amide bonds. The first-order chi connectivity index (χ1) is 13.1. The Balaban J connectivity index is 2.15. The average Bonchev–Trinajstić information content (AvgIpc) is 3.02. The van der Waals surface area contributed by atoms with E-state index >= 15 is 0 Å². The first kappa shape index (κ1) is 19.1. The summed E-state index contributed by atoms with van der Waals surface area (Å²) in [6, 6.07) is 5.34. The normalized spacial score (nSPS) is 11.4. The van der Waals surface area contributed by atoms with Crippen molar-refractivity contribution in [2.75, 3.05) is 34.0 Å². The zero-order chi connectivity index (χ0) is 19.4. The average molecular weight is 372 g/mol. The number of rotatable bonds is 8. The molecule has 0 spiro atoms. The van der Waals surface area contributed by atoms with E-state index in [9.17, 15) is 9.59 Å². The largest absolute Gasteiger partial charge is 0.385 e. The van der Waals surface area contributed by atoms with Gasteiger partial charge in [0.15, 0.2) is 0 Å². The standard InChI is InChI=1S/C19H24N4O4/c1-13-6-4-8-23-16(13)21-17-14(19(23)25)12-15(18(24)20-7-11-27-3)22(17)9-5-10-26-2/h4,6,8,12H,5,7,9-11H2,1-3H3,(H,20,24). The molecule has 3 rings (SSSR count). The number of carbonyl (C=O) groups excluding carboxylic acids is 1. The minimum atomic E-state index is -0.257. The van der Waals surface area contributed by atoms with Gasteiger partial charge in [0.2, 0.25) is 0 Å². The molecule has 0 saturated heterocycles. The van der Waals surface area contributed by atoms with E-state index in [0.717, 1.165) is 5.56 Å². The first-order valence-electron chi connectivity index (χ1n) is 8.85. The summed E-state index contributed by atoms with van der Waals surface area (Å²) in [6.07, 6.45) is 2.39. The molecule has 0 aliphatic carbocycles. The van der Waals surface area contributed by atoms with E-state index in [1.165, 1.54) is 4.40 Å². The summed E-state index contributed by atoms with van der Waals surface area (Å²) >= 11 is 0. The van der Waals surface area contributed by atoms with Crippen molar-refractivity contribution in [1.29, 1.82) is 0 Å². The van der Waals surface area contributed by atoms with E-state index in [1.54, 1.807) is 31.0 Å². The van der Waals surface area contributed by atoms with E-state index in [1.807, 2.05) is 19.1 Å². The van der Waals surface area contributed by atoms with E-state index in [0.29, 0.717) is 55.1 Å². The Morgan fingerprint density at radius 1 is 1.22 bits per heavy atom. The van der Waals surface area contributed by atoms with Crippen LogP contribution < -0.4 is 10.9 Å². The quantitative estimate of drug-likeness (QED) is 0.604. The Labute approximate surface area is 156 Å². The molecule has 8 heteroatoms. The van der Waals surface area contributed by atoms with Crippen molar-refractivity contribution in [1.82, 2.24) is 19.3 Å². The molecule has 1 N–H and O–H groups in total. The van der Waals surface area contributed by atoms with Crippen LogP contribution in [0.25, 0.3) is 16.7 Å². The van der Waals surface area contributed by atoms with Crippen molar-refractivity contribution < 1.29 is 14.3 Å². The lowest BCUT2D eigenvalue weighted by atomic mass is 10.3. The van der Waals surface area contributed by atoms with Gasteiger partial charge in [0.05, 0.1) is 12.0 Å². The molecular weight excluding hydrogens is 348 g/mol. The SMILES string of the molecule is COCCCn1c(C(=O)NCCOC)cc2c(=O)n3cccc(C)c3nc21. The van der Waals surface area contributed by atoms with Gasteiger partial charge in [-0.1, -0.05) is 6.07 Å². The van der Waals surface area contributed by atoms with Gasteiger partial charge >= 0.3 is 0 Å². The fourth-order valence-corrected chi connectivity index (χ4v) is 3.10. The van der Waals surface area contributed by atoms with Gasteiger partial charge in [-0.3, -0.25) is 14.0 Å². The molecule has 0 bridgehead atoms. The number of nitrogens with one attached hydrogen (secondary N) is 1. The number of methoxy groups -OCH3 is 2. The predicted octanol–water partition coefficient (Wildman–Crippen LogP) is 1.37. The Kier molecular flexibility index (Phi) is 5.88. The number of hydrogen-bond acceptors (Lipinski definition) is 5. The Bertz CT molecular complexity index is 1020. The summed E-state index contributed by atoms with van der Waals surface area (Å²) in [5.74, 6) is -0.257. The fraction of sp³-hybridized carbons (Fsp3) is 0.421. The van der Waals surface area contributed by atoms with Crippen molar-refractivity contribution in [3.8, 4) is 0 Å². The van der Waals surface area contributed by atoms with Crippen LogP contribution in [0.15, 0.2) is 29.2 Å². The van der Waals surface area contributed by atoms with Crippen LogP contribution in [0.2, 0.25) is 0 Å². The highest BCUT2D eigenvalue weighted by molar-refractivity contribution is 5.98. The molecule has 0 aliphatic heterocycles. The van der Waals surface area contributed by atoms with Gasteiger partial charge in [0.25, 0.3) is 11.5 Å². The minimum absolute atomic E-state index is 0.185. The van der Waals surface area contributed by atoms with Crippen LogP contribution in [-0.4, -0.2) is 53.8 Å². The summed E-state index contributed by atoms with van der Waals surface area (Å²) in [6.45, 7) is 3.79. The Morgan fingerprint density at radius 3 is 2.74 bits per heavy atom. The van der Waals surface area contributed by atoms with E-state index in [-0.39, 0.29) is 11.5 Å². The molecule has 3 aromatic heterocycles. The number of pyridine rings is 1. The lowest BCUT2D eigenvalue weighted by molar-refractivity contribution is 0.0927. The van der Waals surface area contributed by atoms with Crippen molar-refractivity contribution in [2.24, 2.45) is 0 Å². The molecule has 3 heterocycles. The summed E-state index contributed by atoms with van der Waals surface area (Å²) in [4.78, 5) is 30.3. The minimum Gasteiger partial charge on any atom is -0.385 e. The second-order valence-corrected chi connectivity index (χ2v) is 6.32. The summed E-state index contributed by atoms with van der Waals surface area (Å²) in [5, 5.41) is 3.23. The molecular formula is C19H24N4O4. The predicted molar refractivity (Wildman–Crippen MR) is 102 cm³/mol. The molecule has 0 fully saturated rings. The number of hydrogen-bond donors (Lipinski definition) is 1. The first-order valence-corrected chi connectivity index (χ1v) is 8.85. The molecule has 3 aromatic rings. The Hall–Kier alpha value is -2.71. The third kappa shape index (κ3) is 3.72. The maximum atomic E-state index is 13.0. The van der Waals surface area contributed by atoms with Crippen LogP contribution in [0.5, 0.6) is 0 Å². The van der Waals surface area contributed by atoms with Gasteiger partial charge < -0.3 is 19.4 Å². The summed E-state index contributed by atoms with van der Waals surface area (Å²) in [5.41, 5.74) is 2.23. The summed E-state index contributed by atoms with van der Waals surface area (Å²) < 4.78 is 13.4. The monoisotopic (exact) mass is 372 g/mol. The van der Waals surface area contributed by atoms with Crippen LogP contribution in [-0.2, 0) is 16.0 Å². The van der Waals surface area contributed by atoms with Crippen LogP contribution in [0.1, 0.15) is 22.5 Å². The topological polar surface area (TPSA) is 86.9 Å². The van der Waals surface area contributed by atoms with E-state index < -0.39 is 0 Å². The maximum Gasteiger partial charge on any atom is 0.268 e. The third-order valence-corrected chi connectivity index (χ3v) is 4.45. The van der Waals surface area contributed by atoms with Crippen molar-refractivity contribution in [3.05, 3.63) is 46.0 Å². The van der Waals surface area contributed by atoms with Crippen LogP contribution in [0, 0.1) is 6.92 Å². The zero-order valence-corrected chi connectivity index (χ0v) is 15.8. The Morgan fingerprint density at radius 2 is 2.00 bits per heavy atom. The number of ether oxygens (including phenoxy) is 2. The molecule has 0 aromatic carbocycles. The number of amides is 1. The van der Waals surface area contributed by atoms with Gasteiger partial charge in [-0.15, -0.1) is 0 Å². The van der Waals surface area contributed by atoms with Gasteiger partial charge in [0, 0.05) is 40.1 Å². The lowest BCUT2D eigenvalue weighted by Crippen LogP contribution is -2.29. The van der Waals surface area contributed by atoms with Crippen molar-refractivity contribution in [2.45, 2.75) is 19.9 Å². The highest BCUT2D eigenvalue weighted by Crippen LogP contribution is 2.18. The van der Waals surface area contributed by atoms with Crippen LogP contribution in [0.4, 0.5) is 0 Å². The zero-order valence-electron chi connectivity index (χ0n) is 15.8. The van der Waals surface area contributed by atoms with Gasteiger partial charge in [-0.25, -0.2) is 4.98 Å². The molecule has 0 radical (unpaired) electrons. The highest BCUT2D eigenvalue weighted by Gasteiger charge is 2.19. The highest BCUT2D eigenvalue weighted by atomic mass is 16.5. The smallest absolute Gasteiger partial charge is 0.268 e. The second-order valence-electron chi connectivity index (χ2n) is 6.32. The number of fused-ring (bicyclic) bond motifs is 2. The fourth-order valence-electron chi connectivity index (χ4n) is 3.10. The second kappa shape index (κ2) is 8.32. The van der Waals surface area contributed by atoms with Crippen molar-refractivity contribution >= 4 is 22.6 Å². The summed E-state index contributed by atoms with van der Waals surface area (Å²) in [7, 11) is 3.21. The van der Waals surface area contributed by atoms with E-state index in [2.05, 4.69) is 5.32 Å². The molecule has 0 unspecified atom stereocenters. The third-order valence-electron chi connectivity index (χ3n) is 4.45. The molecule has 0 atom stereocenters. The van der Waals surface area contributed by atoms with Crippen LogP contribution >= 0.6 is 0 Å². The number of aromatic nitrogens is 3. The van der Waals surface area contributed by atoms with E-state index in [4.69, 9.17) is 14.5 Å². The molecule has 27 heavy (non-hydrogen) atoms. The molecule has 144 valence electrons. The van der Waals surface area contributed by atoms with Gasteiger partial charge in [-0.2, -0.15) is 0 Å². The number of carbonyl (C=O) groups is 1. The van der Waals surface area contributed by atoms with Crippen LogP contribution in [0.3, 0.4) is 0 Å². The number of nitrogens with zero attached hydrogens (tertiary/aromatic N) is 3. The maximum absolute atomic E-state index is 13.0. The molecule has 0 aliphatic rings. The molecule has 8 nitrogen and oxygen atoms in total. The van der Waals surface area contributed by atoms with Crippen molar-refractivity contribution in [3.63, 3.8) is 0 Å². The molecule has 0 saturated carbocycles.